The summed E-state index contributed by atoms with van der Waals surface area (Å²) < 4.78 is 58.3. The molecule has 0 spiro atoms. The molecule has 0 radical (unpaired) electrons. The fourth-order valence-electron chi connectivity index (χ4n) is 2.03. The van der Waals surface area contributed by atoms with Crippen LogP contribution in [0.15, 0.2) is 0 Å². The maximum absolute atomic E-state index is 8.74. The minimum absolute atomic E-state index is 0.0488. The lowest BCUT2D eigenvalue weighted by Gasteiger charge is -2.07. The Morgan fingerprint density at radius 2 is 0.862 bits per heavy atom. The molecular formula is C18H40O10S. The fraction of sp³-hybridized carbons (Fsp3) is 1.00. The number of aliphatic hydroxyl groups excluding tert-OH is 1. The number of hydrogen-bond donors (Lipinski definition) is 3. The third-order valence-electron chi connectivity index (χ3n) is 3.37. The second-order valence-electron chi connectivity index (χ2n) is 6.00. The maximum Gasteiger partial charge on any atom is 0.394 e. The highest BCUT2D eigenvalue weighted by Crippen LogP contribution is 2.04. The van der Waals surface area contributed by atoms with Crippen LogP contribution in [0, 0.1) is 0 Å². The summed E-state index contributed by atoms with van der Waals surface area (Å²) in [6, 6.07) is 0. The predicted molar refractivity (Wildman–Crippen MR) is 109 cm³/mol. The molecule has 0 saturated heterocycles. The Morgan fingerprint density at radius 1 is 0.552 bits per heavy atom. The smallest absolute Gasteiger partial charge is 0.394 e. The van der Waals surface area contributed by atoms with Crippen molar-refractivity contribution in [2.24, 2.45) is 0 Å². The van der Waals surface area contributed by atoms with Crippen LogP contribution in [0.5, 0.6) is 0 Å². The van der Waals surface area contributed by atoms with Gasteiger partial charge in [0.25, 0.3) is 0 Å². The molecule has 0 unspecified atom stereocenters. The molecule has 0 saturated carbocycles. The highest BCUT2D eigenvalue weighted by atomic mass is 32.3. The van der Waals surface area contributed by atoms with E-state index in [2.05, 4.69) is 6.92 Å². The summed E-state index contributed by atoms with van der Waals surface area (Å²) in [4.78, 5) is 0. The Kier molecular flexibility index (Phi) is 27.3. The van der Waals surface area contributed by atoms with Gasteiger partial charge < -0.3 is 28.8 Å². The zero-order valence-corrected chi connectivity index (χ0v) is 18.4. The second-order valence-corrected chi connectivity index (χ2v) is 6.90. The van der Waals surface area contributed by atoms with Gasteiger partial charge in [-0.05, 0) is 6.42 Å². The average Bonchev–Trinajstić information content (AvgIpc) is 2.65. The second kappa shape index (κ2) is 25.7. The van der Waals surface area contributed by atoms with Crippen molar-refractivity contribution >= 4 is 10.4 Å². The molecule has 0 aromatic carbocycles. The summed E-state index contributed by atoms with van der Waals surface area (Å²) in [5.74, 6) is 0. The normalized spacial score (nSPS) is 11.3. The van der Waals surface area contributed by atoms with Crippen LogP contribution in [0.25, 0.3) is 0 Å². The van der Waals surface area contributed by atoms with E-state index in [0.717, 1.165) is 13.0 Å². The zero-order chi connectivity index (χ0) is 22.1. The Balaban J connectivity index is 0. The molecule has 0 amide bonds. The highest BCUT2D eigenvalue weighted by Gasteiger charge is 1.94. The van der Waals surface area contributed by atoms with E-state index >= 15 is 0 Å². The summed E-state index contributed by atoms with van der Waals surface area (Å²) in [5, 5.41) is 8.51. The minimum atomic E-state index is -4.67. The van der Waals surface area contributed by atoms with Gasteiger partial charge in [-0.15, -0.1) is 0 Å². The van der Waals surface area contributed by atoms with Crippen LogP contribution >= 0.6 is 0 Å². The first-order chi connectivity index (χ1) is 13.9. The maximum atomic E-state index is 8.74. The van der Waals surface area contributed by atoms with Crippen molar-refractivity contribution < 1.29 is 46.3 Å². The van der Waals surface area contributed by atoms with Gasteiger partial charge in [-0.1, -0.05) is 39.0 Å². The molecule has 29 heavy (non-hydrogen) atoms. The Hall–Kier alpha value is -0.370. The first-order valence-electron chi connectivity index (χ1n) is 10.1. The van der Waals surface area contributed by atoms with Crippen molar-refractivity contribution in [3.63, 3.8) is 0 Å². The summed E-state index contributed by atoms with van der Waals surface area (Å²) in [6.07, 6.45) is 7.74. The SMILES string of the molecule is CCCCCCCCOCCOCCOCCOCCOCCO.O=S(=O)(O)O. The first kappa shape index (κ1) is 30.8. The molecule has 11 heteroatoms. The summed E-state index contributed by atoms with van der Waals surface area (Å²) in [6.45, 7) is 8.05. The number of aliphatic hydroxyl groups is 1. The van der Waals surface area contributed by atoms with Gasteiger partial charge in [-0.25, -0.2) is 0 Å². The standard InChI is InChI=1S/C18H38O6.H2O4S/c1-2-3-4-5-6-7-9-20-11-13-22-15-17-24-18-16-23-14-12-21-10-8-19;1-5(2,3)4/h19H,2-18H2,1H3;(H2,1,2,3,4). The third kappa shape index (κ3) is 42.6. The third-order valence-corrected chi connectivity index (χ3v) is 3.37. The lowest BCUT2D eigenvalue weighted by molar-refractivity contribution is -0.0134. The van der Waals surface area contributed by atoms with Crippen LogP contribution in [-0.2, 0) is 34.1 Å². The zero-order valence-electron chi connectivity index (χ0n) is 17.6. The van der Waals surface area contributed by atoms with Crippen molar-refractivity contribution in [2.75, 3.05) is 72.7 Å². The van der Waals surface area contributed by atoms with Gasteiger partial charge >= 0.3 is 10.4 Å². The van der Waals surface area contributed by atoms with E-state index in [9.17, 15) is 0 Å². The molecule has 0 aliphatic carbocycles. The van der Waals surface area contributed by atoms with E-state index in [1.165, 1.54) is 32.1 Å². The summed E-state index contributed by atoms with van der Waals surface area (Å²) >= 11 is 0. The van der Waals surface area contributed by atoms with Crippen LogP contribution in [-0.4, -0.2) is 95.3 Å². The quantitative estimate of drug-likeness (QED) is 0.176. The average molecular weight is 449 g/mol. The lowest BCUT2D eigenvalue weighted by atomic mass is 10.1. The van der Waals surface area contributed by atoms with Crippen LogP contribution in [0.2, 0.25) is 0 Å². The predicted octanol–water partition coefficient (Wildman–Crippen LogP) is 1.77. The Morgan fingerprint density at radius 3 is 1.24 bits per heavy atom. The monoisotopic (exact) mass is 448 g/mol. The highest BCUT2D eigenvalue weighted by molar-refractivity contribution is 7.79. The largest absolute Gasteiger partial charge is 0.394 e. The fourth-order valence-corrected chi connectivity index (χ4v) is 2.03. The van der Waals surface area contributed by atoms with Crippen LogP contribution < -0.4 is 0 Å². The van der Waals surface area contributed by atoms with E-state index in [4.69, 9.17) is 46.3 Å². The van der Waals surface area contributed by atoms with Crippen LogP contribution in [0.4, 0.5) is 0 Å². The molecule has 3 N–H and O–H groups in total. The molecular weight excluding hydrogens is 408 g/mol. The van der Waals surface area contributed by atoms with Gasteiger partial charge in [-0.2, -0.15) is 8.42 Å². The Labute approximate surface area is 175 Å². The summed E-state index contributed by atoms with van der Waals surface area (Å²) in [5.41, 5.74) is 0. The topological polar surface area (TPSA) is 141 Å². The van der Waals surface area contributed by atoms with Gasteiger partial charge in [0, 0.05) is 6.61 Å². The molecule has 0 heterocycles. The first-order valence-corrected chi connectivity index (χ1v) is 11.5. The van der Waals surface area contributed by atoms with Gasteiger partial charge in [0.1, 0.15) is 0 Å². The van der Waals surface area contributed by atoms with Crippen molar-refractivity contribution in [3.05, 3.63) is 0 Å². The Bertz CT molecular complexity index is 362. The van der Waals surface area contributed by atoms with Gasteiger partial charge in [0.15, 0.2) is 0 Å². The molecule has 0 rings (SSSR count). The molecule has 0 aromatic rings. The number of ether oxygens (including phenoxy) is 5. The number of unbranched alkanes of at least 4 members (excludes halogenated alkanes) is 5. The van der Waals surface area contributed by atoms with E-state index in [1.807, 2.05) is 0 Å². The number of rotatable bonds is 21. The van der Waals surface area contributed by atoms with Gasteiger partial charge in [-0.3, -0.25) is 9.11 Å². The molecule has 10 nitrogen and oxygen atoms in total. The molecule has 0 atom stereocenters. The summed E-state index contributed by atoms with van der Waals surface area (Å²) in [7, 11) is -4.67. The van der Waals surface area contributed by atoms with Crippen molar-refractivity contribution in [2.45, 2.75) is 45.4 Å². The molecule has 0 aliphatic rings. The van der Waals surface area contributed by atoms with Gasteiger partial charge in [0.2, 0.25) is 0 Å². The molecule has 178 valence electrons. The van der Waals surface area contributed by atoms with Crippen LogP contribution in [0.3, 0.4) is 0 Å². The molecule has 0 bridgehead atoms. The van der Waals surface area contributed by atoms with Crippen molar-refractivity contribution in [1.82, 2.24) is 0 Å². The van der Waals surface area contributed by atoms with E-state index in [0.29, 0.717) is 59.5 Å². The van der Waals surface area contributed by atoms with E-state index in [1.54, 1.807) is 0 Å². The van der Waals surface area contributed by atoms with Crippen molar-refractivity contribution in [1.29, 1.82) is 0 Å². The van der Waals surface area contributed by atoms with E-state index < -0.39 is 10.4 Å². The van der Waals surface area contributed by atoms with Gasteiger partial charge in [0.05, 0.1) is 66.1 Å². The molecule has 0 aromatic heterocycles. The minimum Gasteiger partial charge on any atom is -0.394 e. The van der Waals surface area contributed by atoms with E-state index in [-0.39, 0.29) is 6.61 Å². The van der Waals surface area contributed by atoms with Crippen molar-refractivity contribution in [3.8, 4) is 0 Å². The number of hydrogen-bond acceptors (Lipinski definition) is 8. The molecule has 0 aliphatic heterocycles. The van der Waals surface area contributed by atoms with Crippen LogP contribution in [0.1, 0.15) is 45.4 Å². The molecule has 0 fully saturated rings. The lowest BCUT2D eigenvalue weighted by Crippen LogP contribution is -2.13.